The number of aliphatic carboxylic acids is 1. The molecule has 2 aromatic rings. The van der Waals surface area contributed by atoms with Crippen molar-refractivity contribution in [3.63, 3.8) is 0 Å². The number of carbonyl (C=O) groups excluding carboxylic acids is 1. The molecule has 0 saturated heterocycles. The normalized spacial score (nSPS) is 14.6. The highest BCUT2D eigenvalue weighted by molar-refractivity contribution is 7.89. The second kappa shape index (κ2) is 8.04. The van der Waals surface area contributed by atoms with Crippen LogP contribution in [0, 0.1) is 0 Å². The molecule has 2 aromatic carbocycles. The summed E-state index contributed by atoms with van der Waals surface area (Å²) in [4.78, 5) is 10.6. The van der Waals surface area contributed by atoms with Crippen LogP contribution >= 0.6 is 0 Å². The SMILES string of the molecule is COc1cc(/C=C/C(=O)[O-])cc(S(=O)(=O)N2CCc3ccccc3C2)c1OC. The summed E-state index contributed by atoms with van der Waals surface area (Å²) in [5, 5.41) is 10.7. The maximum atomic E-state index is 13.4. The summed E-state index contributed by atoms with van der Waals surface area (Å²) in [5.41, 5.74) is 2.43. The van der Waals surface area contributed by atoms with Crippen LogP contribution in [-0.4, -0.2) is 39.5 Å². The molecule has 0 spiro atoms. The minimum Gasteiger partial charge on any atom is -0.545 e. The van der Waals surface area contributed by atoms with Crippen molar-refractivity contribution >= 4 is 22.1 Å². The molecule has 0 N–H and O–H groups in total. The molecule has 0 radical (unpaired) electrons. The lowest BCUT2D eigenvalue weighted by molar-refractivity contribution is -0.297. The maximum Gasteiger partial charge on any atom is 0.247 e. The van der Waals surface area contributed by atoms with Crippen molar-refractivity contribution in [2.24, 2.45) is 0 Å². The Kier molecular flexibility index (Phi) is 5.71. The van der Waals surface area contributed by atoms with Gasteiger partial charge in [0.25, 0.3) is 0 Å². The molecule has 1 aliphatic rings. The van der Waals surface area contributed by atoms with Gasteiger partial charge in [-0.15, -0.1) is 0 Å². The van der Waals surface area contributed by atoms with Gasteiger partial charge in [-0.3, -0.25) is 0 Å². The number of rotatable bonds is 6. The molecule has 1 aliphatic heterocycles. The number of carboxylic acid groups (broad SMARTS) is 1. The van der Waals surface area contributed by atoms with E-state index in [0.717, 1.165) is 17.2 Å². The number of nitrogens with zero attached hydrogens (tertiary/aromatic N) is 1. The molecule has 0 unspecified atom stereocenters. The van der Waals surface area contributed by atoms with Crippen molar-refractivity contribution in [2.45, 2.75) is 17.9 Å². The Balaban J connectivity index is 2.07. The van der Waals surface area contributed by atoms with Gasteiger partial charge in [-0.1, -0.05) is 30.3 Å². The standard InChI is InChI=1S/C20H21NO6S/c1-26-17-11-14(7-8-19(22)23)12-18(20(17)27-2)28(24,25)21-10-9-15-5-3-4-6-16(15)13-21/h3-8,11-12H,9-10,13H2,1-2H3,(H,22,23)/p-1/b8-7+. The lowest BCUT2D eigenvalue weighted by atomic mass is 10.0. The van der Waals surface area contributed by atoms with E-state index in [4.69, 9.17) is 9.47 Å². The van der Waals surface area contributed by atoms with Crippen molar-refractivity contribution in [1.82, 2.24) is 4.31 Å². The zero-order valence-corrected chi connectivity index (χ0v) is 16.4. The van der Waals surface area contributed by atoms with Crippen LogP contribution in [0.4, 0.5) is 0 Å². The Morgan fingerprint density at radius 1 is 1.14 bits per heavy atom. The largest absolute Gasteiger partial charge is 0.545 e. The lowest BCUT2D eigenvalue weighted by Gasteiger charge is -2.29. The van der Waals surface area contributed by atoms with Crippen molar-refractivity contribution < 1.29 is 27.8 Å². The molecule has 0 aliphatic carbocycles. The molecule has 8 heteroatoms. The Labute approximate surface area is 163 Å². The molecule has 0 fully saturated rings. The first-order valence-electron chi connectivity index (χ1n) is 8.59. The van der Waals surface area contributed by atoms with E-state index in [0.29, 0.717) is 18.5 Å². The van der Waals surface area contributed by atoms with Crippen molar-refractivity contribution in [3.05, 3.63) is 59.2 Å². The topological polar surface area (TPSA) is 96.0 Å². The van der Waals surface area contributed by atoms with Crippen LogP contribution in [0.25, 0.3) is 6.08 Å². The van der Waals surface area contributed by atoms with Crippen LogP contribution in [0.15, 0.2) is 47.4 Å². The zero-order valence-electron chi connectivity index (χ0n) is 15.5. The van der Waals surface area contributed by atoms with Crippen molar-refractivity contribution in [2.75, 3.05) is 20.8 Å². The van der Waals surface area contributed by atoms with Gasteiger partial charge in [0.2, 0.25) is 10.0 Å². The molecule has 0 saturated carbocycles. The minimum atomic E-state index is -3.91. The Bertz CT molecular complexity index is 1030. The monoisotopic (exact) mass is 402 g/mol. The van der Waals surface area contributed by atoms with Gasteiger partial charge in [0.05, 0.1) is 20.2 Å². The first kappa shape index (κ1) is 19.9. The van der Waals surface area contributed by atoms with Crippen LogP contribution in [0.3, 0.4) is 0 Å². The number of carbonyl (C=O) groups is 1. The van der Waals surface area contributed by atoms with Crippen molar-refractivity contribution in [3.8, 4) is 11.5 Å². The highest BCUT2D eigenvalue weighted by atomic mass is 32.2. The molecule has 0 atom stereocenters. The number of hydrogen-bond acceptors (Lipinski definition) is 6. The Morgan fingerprint density at radius 2 is 1.86 bits per heavy atom. The molecule has 28 heavy (non-hydrogen) atoms. The van der Waals surface area contributed by atoms with Gasteiger partial charge < -0.3 is 19.4 Å². The Morgan fingerprint density at radius 3 is 2.50 bits per heavy atom. The van der Waals surface area contributed by atoms with Crippen molar-refractivity contribution in [1.29, 1.82) is 0 Å². The number of carboxylic acids is 1. The average molecular weight is 402 g/mol. The van der Waals surface area contributed by atoms with Gasteiger partial charge in [-0.25, -0.2) is 8.42 Å². The third-order valence-electron chi connectivity index (χ3n) is 4.59. The van der Waals surface area contributed by atoms with Gasteiger partial charge >= 0.3 is 0 Å². The van der Waals surface area contributed by atoms with Gasteiger partial charge in [0.1, 0.15) is 4.90 Å². The maximum absolute atomic E-state index is 13.4. The fourth-order valence-electron chi connectivity index (χ4n) is 3.22. The van der Waals surface area contributed by atoms with Crippen LogP contribution < -0.4 is 14.6 Å². The average Bonchev–Trinajstić information content (AvgIpc) is 2.70. The summed E-state index contributed by atoms with van der Waals surface area (Å²) in [6.45, 7) is 0.590. The minimum absolute atomic E-state index is 0.0759. The second-order valence-electron chi connectivity index (χ2n) is 6.26. The summed E-state index contributed by atoms with van der Waals surface area (Å²) in [6.07, 6.45) is 2.69. The van der Waals surface area contributed by atoms with E-state index in [1.165, 1.54) is 36.7 Å². The third kappa shape index (κ3) is 3.88. The van der Waals surface area contributed by atoms with E-state index in [1.807, 2.05) is 24.3 Å². The van der Waals surface area contributed by atoms with E-state index in [2.05, 4.69) is 0 Å². The summed E-state index contributed by atoms with van der Waals surface area (Å²) in [6, 6.07) is 10.6. The van der Waals surface area contributed by atoms with E-state index < -0.39 is 16.0 Å². The van der Waals surface area contributed by atoms with Gasteiger partial charge in [0, 0.05) is 13.1 Å². The number of sulfonamides is 1. The first-order valence-corrected chi connectivity index (χ1v) is 10.0. The predicted octanol–water partition coefficient (Wildman–Crippen LogP) is 1.21. The number of fused-ring (bicyclic) bond motifs is 1. The summed E-state index contributed by atoms with van der Waals surface area (Å²) >= 11 is 0. The van der Waals surface area contributed by atoms with Crippen LogP contribution in [0.1, 0.15) is 16.7 Å². The molecule has 0 bridgehead atoms. The third-order valence-corrected chi connectivity index (χ3v) is 6.44. The van der Waals surface area contributed by atoms with E-state index in [-0.39, 0.29) is 22.9 Å². The first-order chi connectivity index (χ1) is 13.4. The van der Waals surface area contributed by atoms with Gasteiger partial charge in [-0.05, 0) is 41.3 Å². The van der Waals surface area contributed by atoms with E-state index in [1.54, 1.807) is 0 Å². The molecular formula is C20H20NO6S-. The fourth-order valence-corrected chi connectivity index (χ4v) is 4.84. The fraction of sp³-hybridized carbons (Fsp3) is 0.250. The molecule has 0 aromatic heterocycles. The number of benzene rings is 2. The van der Waals surface area contributed by atoms with Crippen LogP contribution in [0.2, 0.25) is 0 Å². The molecule has 7 nitrogen and oxygen atoms in total. The molecular weight excluding hydrogens is 382 g/mol. The highest BCUT2D eigenvalue weighted by Crippen LogP contribution is 2.38. The number of hydrogen-bond donors (Lipinski definition) is 0. The molecule has 0 amide bonds. The quantitative estimate of drug-likeness (QED) is 0.674. The number of ether oxygens (including phenoxy) is 2. The zero-order chi connectivity index (χ0) is 20.3. The summed E-state index contributed by atoms with van der Waals surface area (Å²) in [7, 11) is -1.16. The Hall–Kier alpha value is -2.84. The van der Waals surface area contributed by atoms with Crippen LogP contribution in [0.5, 0.6) is 11.5 Å². The molecule has 3 rings (SSSR count). The summed E-state index contributed by atoms with van der Waals surface area (Å²) in [5.74, 6) is -1.11. The second-order valence-corrected chi connectivity index (χ2v) is 8.17. The molecule has 1 heterocycles. The van der Waals surface area contributed by atoms with Gasteiger partial charge in [-0.2, -0.15) is 4.31 Å². The number of methoxy groups -OCH3 is 2. The molecule has 148 valence electrons. The van der Waals surface area contributed by atoms with E-state index >= 15 is 0 Å². The van der Waals surface area contributed by atoms with Gasteiger partial charge in [0.15, 0.2) is 11.5 Å². The predicted molar refractivity (Wildman–Crippen MR) is 101 cm³/mol. The highest BCUT2D eigenvalue weighted by Gasteiger charge is 2.32. The summed E-state index contributed by atoms with van der Waals surface area (Å²) < 4.78 is 38.7. The lowest BCUT2D eigenvalue weighted by Crippen LogP contribution is -2.36. The van der Waals surface area contributed by atoms with E-state index in [9.17, 15) is 18.3 Å². The van der Waals surface area contributed by atoms with Crippen LogP contribution in [-0.2, 0) is 27.8 Å². The smallest absolute Gasteiger partial charge is 0.247 e.